The van der Waals surface area contributed by atoms with Crippen LogP contribution < -0.4 is 5.32 Å². The van der Waals surface area contributed by atoms with Crippen molar-refractivity contribution in [3.63, 3.8) is 0 Å². The van der Waals surface area contributed by atoms with Crippen molar-refractivity contribution in [2.75, 3.05) is 11.9 Å². The molecule has 0 radical (unpaired) electrons. The van der Waals surface area contributed by atoms with Gasteiger partial charge in [0.15, 0.2) is 5.82 Å². The van der Waals surface area contributed by atoms with Gasteiger partial charge < -0.3 is 5.32 Å². The summed E-state index contributed by atoms with van der Waals surface area (Å²) in [5, 5.41) is 19.8. The van der Waals surface area contributed by atoms with Gasteiger partial charge in [0.1, 0.15) is 11.6 Å². The van der Waals surface area contributed by atoms with Crippen LogP contribution in [-0.2, 0) is 0 Å². The van der Waals surface area contributed by atoms with Crippen molar-refractivity contribution in [3.8, 4) is 17.9 Å². The van der Waals surface area contributed by atoms with Gasteiger partial charge in [0.05, 0.1) is 12.2 Å². The van der Waals surface area contributed by atoms with Crippen LogP contribution in [0.3, 0.4) is 0 Å². The van der Waals surface area contributed by atoms with Gasteiger partial charge in [-0.25, -0.2) is 0 Å². The summed E-state index contributed by atoms with van der Waals surface area (Å²) < 4.78 is 0. The lowest BCUT2D eigenvalue weighted by Gasteiger charge is -2.06. The van der Waals surface area contributed by atoms with Crippen LogP contribution in [0.5, 0.6) is 0 Å². The normalized spacial score (nSPS) is 8.67. The van der Waals surface area contributed by atoms with Crippen molar-refractivity contribution in [1.29, 1.82) is 5.26 Å². The summed E-state index contributed by atoms with van der Waals surface area (Å²) in [6.45, 7) is 5.93. The zero-order chi connectivity index (χ0) is 11.3. The summed E-state index contributed by atoms with van der Waals surface area (Å²) in [4.78, 5) is 0. The molecule has 0 aromatic carbocycles. The average molecular weight is 200 g/mol. The van der Waals surface area contributed by atoms with Crippen LogP contribution >= 0.6 is 0 Å². The molecule has 76 valence electrons. The summed E-state index contributed by atoms with van der Waals surface area (Å²) in [5.74, 6) is 6.10. The van der Waals surface area contributed by atoms with E-state index in [1.165, 1.54) is 0 Å². The first-order valence-electron chi connectivity index (χ1n) is 4.58. The Morgan fingerprint density at radius 3 is 2.67 bits per heavy atom. The molecule has 4 heteroatoms. The third kappa shape index (κ3) is 2.45. The van der Waals surface area contributed by atoms with Crippen LogP contribution in [0.4, 0.5) is 5.82 Å². The Labute approximate surface area is 89.3 Å². The second-order valence-corrected chi connectivity index (χ2v) is 3.03. The second-order valence-electron chi connectivity index (χ2n) is 3.03. The zero-order valence-electron chi connectivity index (χ0n) is 9.05. The highest BCUT2D eigenvalue weighted by Gasteiger charge is 2.09. The third-order valence-electron chi connectivity index (χ3n) is 2.09. The first-order chi connectivity index (χ1) is 7.20. The van der Waals surface area contributed by atoms with Gasteiger partial charge in [-0.15, -0.1) is 11.0 Å². The Balaban J connectivity index is 3.02. The molecule has 1 rings (SSSR count). The number of rotatable bonds is 2. The maximum atomic E-state index is 8.99. The van der Waals surface area contributed by atoms with E-state index >= 15 is 0 Å². The van der Waals surface area contributed by atoms with E-state index in [4.69, 9.17) is 5.26 Å². The first-order valence-corrected chi connectivity index (χ1v) is 4.58. The van der Waals surface area contributed by atoms with E-state index in [0.29, 0.717) is 17.9 Å². The molecule has 1 N–H and O–H groups in total. The highest BCUT2D eigenvalue weighted by molar-refractivity contribution is 5.56. The largest absolute Gasteiger partial charge is 0.357 e. The number of hydrogen-bond acceptors (Lipinski definition) is 4. The van der Waals surface area contributed by atoms with Crippen LogP contribution in [0.25, 0.3) is 0 Å². The third-order valence-corrected chi connectivity index (χ3v) is 2.09. The highest BCUT2D eigenvalue weighted by atomic mass is 15.2. The lowest BCUT2D eigenvalue weighted by Crippen LogP contribution is -2.07. The first kappa shape index (κ1) is 11.0. The summed E-state index contributed by atoms with van der Waals surface area (Å²) in [7, 11) is 0. The summed E-state index contributed by atoms with van der Waals surface area (Å²) in [6.07, 6.45) is 0. The van der Waals surface area contributed by atoms with E-state index in [0.717, 1.165) is 11.3 Å². The van der Waals surface area contributed by atoms with Gasteiger partial charge >= 0.3 is 0 Å². The quantitative estimate of drug-likeness (QED) is 0.733. The van der Waals surface area contributed by atoms with Crippen molar-refractivity contribution in [1.82, 2.24) is 10.2 Å². The van der Waals surface area contributed by atoms with Crippen LogP contribution in [0.1, 0.15) is 23.7 Å². The predicted octanol–water partition coefficient (Wildman–Crippen LogP) is 1.40. The van der Waals surface area contributed by atoms with Crippen LogP contribution in [0.2, 0.25) is 0 Å². The number of aromatic nitrogens is 2. The van der Waals surface area contributed by atoms with Gasteiger partial charge in [0, 0.05) is 0 Å². The molecule has 0 aliphatic carbocycles. The Kier molecular flexibility index (Phi) is 3.65. The Morgan fingerprint density at radius 1 is 1.33 bits per heavy atom. The molecule has 0 spiro atoms. The van der Waals surface area contributed by atoms with Crippen molar-refractivity contribution in [2.45, 2.75) is 20.8 Å². The molecule has 0 atom stereocenters. The van der Waals surface area contributed by atoms with Crippen molar-refractivity contribution >= 4 is 5.82 Å². The van der Waals surface area contributed by atoms with Crippen molar-refractivity contribution in [3.05, 3.63) is 16.8 Å². The second kappa shape index (κ2) is 4.97. The van der Waals surface area contributed by atoms with Crippen molar-refractivity contribution in [2.24, 2.45) is 0 Å². The summed E-state index contributed by atoms with van der Waals surface area (Å²) in [6, 6.07) is 2.12. The molecule has 0 unspecified atom stereocenters. The molecule has 1 aromatic rings. The Morgan fingerprint density at radius 2 is 2.07 bits per heavy atom. The maximum absolute atomic E-state index is 8.99. The number of hydrogen-bond donors (Lipinski definition) is 1. The molecule has 0 fully saturated rings. The molecular formula is C11H12N4. The SMILES string of the molecule is CC#CCNc1nnc(C)c(C)c1C#N. The fraction of sp³-hybridized carbons (Fsp3) is 0.364. The molecule has 0 amide bonds. The van der Waals surface area contributed by atoms with Crippen LogP contribution in [0.15, 0.2) is 0 Å². The molecule has 0 saturated heterocycles. The fourth-order valence-corrected chi connectivity index (χ4v) is 1.09. The molecule has 1 aromatic heterocycles. The highest BCUT2D eigenvalue weighted by Crippen LogP contribution is 2.16. The fourth-order valence-electron chi connectivity index (χ4n) is 1.09. The van der Waals surface area contributed by atoms with Gasteiger partial charge in [-0.05, 0) is 26.3 Å². The predicted molar refractivity (Wildman–Crippen MR) is 58.2 cm³/mol. The lowest BCUT2D eigenvalue weighted by molar-refractivity contribution is 0.953. The number of nitrogens with zero attached hydrogens (tertiary/aromatic N) is 3. The monoisotopic (exact) mass is 200 g/mol. The van der Waals surface area contributed by atoms with E-state index < -0.39 is 0 Å². The van der Waals surface area contributed by atoms with Gasteiger partial charge in [-0.3, -0.25) is 0 Å². The minimum Gasteiger partial charge on any atom is -0.357 e. The Bertz CT molecular complexity index is 460. The molecule has 0 aliphatic heterocycles. The van der Waals surface area contributed by atoms with Gasteiger partial charge in [-0.2, -0.15) is 10.4 Å². The van der Waals surface area contributed by atoms with Gasteiger partial charge in [-0.1, -0.05) is 5.92 Å². The maximum Gasteiger partial charge on any atom is 0.167 e. The van der Waals surface area contributed by atoms with Crippen molar-refractivity contribution < 1.29 is 0 Å². The number of nitriles is 1. The smallest absolute Gasteiger partial charge is 0.167 e. The van der Waals surface area contributed by atoms with Gasteiger partial charge in [0.25, 0.3) is 0 Å². The molecule has 0 bridgehead atoms. The molecule has 0 saturated carbocycles. The number of anilines is 1. The molecule has 1 heterocycles. The van der Waals surface area contributed by atoms with E-state index in [9.17, 15) is 0 Å². The topological polar surface area (TPSA) is 61.6 Å². The van der Waals surface area contributed by atoms with E-state index in [-0.39, 0.29) is 0 Å². The molecule has 0 aliphatic rings. The minimum atomic E-state index is 0.475. The molecule has 15 heavy (non-hydrogen) atoms. The summed E-state index contributed by atoms with van der Waals surface area (Å²) in [5.41, 5.74) is 2.18. The number of aryl methyl sites for hydroxylation is 1. The van der Waals surface area contributed by atoms with Crippen LogP contribution in [-0.4, -0.2) is 16.7 Å². The average Bonchev–Trinajstić information content (AvgIpc) is 2.24. The summed E-state index contributed by atoms with van der Waals surface area (Å²) >= 11 is 0. The molecular weight excluding hydrogens is 188 g/mol. The van der Waals surface area contributed by atoms with E-state index in [2.05, 4.69) is 33.4 Å². The van der Waals surface area contributed by atoms with E-state index in [1.54, 1.807) is 6.92 Å². The lowest BCUT2D eigenvalue weighted by atomic mass is 10.1. The number of nitrogens with one attached hydrogen (secondary N) is 1. The molecule has 4 nitrogen and oxygen atoms in total. The standard InChI is InChI=1S/C11H12N4/c1-4-5-6-13-11-10(7-12)8(2)9(3)14-15-11/h6H2,1-3H3,(H,13,15). The van der Waals surface area contributed by atoms with E-state index in [1.807, 2.05) is 13.8 Å². The zero-order valence-corrected chi connectivity index (χ0v) is 9.05. The minimum absolute atomic E-state index is 0.475. The van der Waals surface area contributed by atoms with Crippen LogP contribution in [0, 0.1) is 37.0 Å². The Hall–Kier alpha value is -2.07. The van der Waals surface area contributed by atoms with Gasteiger partial charge in [0.2, 0.25) is 0 Å².